The Morgan fingerprint density at radius 1 is 1.38 bits per heavy atom. The molecule has 0 radical (unpaired) electrons. The number of aromatic nitrogens is 2. The van der Waals surface area contributed by atoms with E-state index in [9.17, 15) is 0 Å². The number of likely N-dealkylation sites (N-methyl/N-ethyl adjacent to an activating group) is 1. The first-order valence-electron chi connectivity index (χ1n) is 5.76. The Balaban J connectivity index is 2.98. The van der Waals surface area contributed by atoms with Crippen LogP contribution < -0.4 is 5.32 Å². The fourth-order valence-electron chi connectivity index (χ4n) is 2.15. The van der Waals surface area contributed by atoms with E-state index in [1.807, 2.05) is 6.20 Å². The normalized spacial score (nSPS) is 15.1. The molecule has 16 heavy (non-hydrogen) atoms. The highest BCUT2D eigenvalue weighted by Crippen LogP contribution is 2.30. The molecule has 2 unspecified atom stereocenters. The van der Waals surface area contributed by atoms with E-state index in [2.05, 4.69) is 58.9 Å². The van der Waals surface area contributed by atoms with Gasteiger partial charge >= 0.3 is 0 Å². The van der Waals surface area contributed by atoms with Crippen molar-refractivity contribution >= 4 is 15.9 Å². The summed E-state index contributed by atoms with van der Waals surface area (Å²) in [5.74, 6) is 0.942. The van der Waals surface area contributed by atoms with Crippen LogP contribution in [0.15, 0.2) is 17.0 Å². The minimum Gasteiger partial charge on any atom is -0.314 e. The molecule has 0 aliphatic heterocycles. The Kier molecular flexibility index (Phi) is 5.35. The number of nitrogens with one attached hydrogen (secondary N) is 1. The summed E-state index contributed by atoms with van der Waals surface area (Å²) in [6.07, 6.45) is 3.44. The molecule has 0 spiro atoms. The molecule has 0 bridgehead atoms. The first kappa shape index (κ1) is 13.6. The zero-order chi connectivity index (χ0) is 12.1. The molecule has 0 saturated carbocycles. The monoisotopic (exact) mass is 285 g/mol. The zero-order valence-corrected chi connectivity index (χ0v) is 12.0. The van der Waals surface area contributed by atoms with Gasteiger partial charge in [0.1, 0.15) is 6.33 Å². The molecule has 0 aliphatic carbocycles. The van der Waals surface area contributed by atoms with Crippen LogP contribution in [0.3, 0.4) is 0 Å². The van der Waals surface area contributed by atoms with E-state index >= 15 is 0 Å². The van der Waals surface area contributed by atoms with Gasteiger partial charge in [0.05, 0.1) is 10.2 Å². The lowest BCUT2D eigenvalue weighted by atomic mass is 9.86. The molecule has 0 saturated heterocycles. The maximum atomic E-state index is 4.41. The third-order valence-electron chi connectivity index (χ3n) is 2.79. The Morgan fingerprint density at radius 3 is 2.56 bits per heavy atom. The second-order valence-electron chi connectivity index (χ2n) is 4.37. The molecular weight excluding hydrogens is 266 g/mol. The molecule has 0 aliphatic rings. The van der Waals surface area contributed by atoms with Crippen molar-refractivity contribution < 1.29 is 0 Å². The van der Waals surface area contributed by atoms with Gasteiger partial charge < -0.3 is 5.32 Å². The first-order chi connectivity index (χ1) is 7.57. The fraction of sp³-hybridized carbons (Fsp3) is 0.667. The second-order valence-corrected chi connectivity index (χ2v) is 5.23. The Hall–Kier alpha value is -0.480. The van der Waals surface area contributed by atoms with Crippen molar-refractivity contribution in [1.29, 1.82) is 0 Å². The highest BCUT2D eigenvalue weighted by atomic mass is 79.9. The number of hydrogen-bond donors (Lipinski definition) is 1. The molecular formula is C12H20BrN3. The van der Waals surface area contributed by atoms with Crippen LogP contribution in [0.2, 0.25) is 0 Å². The molecule has 2 atom stereocenters. The van der Waals surface area contributed by atoms with E-state index in [1.165, 1.54) is 0 Å². The molecule has 1 N–H and O–H groups in total. The average Bonchev–Trinajstić information content (AvgIpc) is 2.21. The SMILES string of the molecule is CCNC(C)C(c1ncncc1Br)C(C)C. The quantitative estimate of drug-likeness (QED) is 0.904. The van der Waals surface area contributed by atoms with Gasteiger partial charge in [-0.15, -0.1) is 0 Å². The van der Waals surface area contributed by atoms with Gasteiger partial charge in [-0.1, -0.05) is 20.8 Å². The van der Waals surface area contributed by atoms with Crippen LogP contribution in [0.4, 0.5) is 0 Å². The van der Waals surface area contributed by atoms with Crippen molar-refractivity contribution in [2.75, 3.05) is 6.54 Å². The van der Waals surface area contributed by atoms with E-state index in [0.29, 0.717) is 17.9 Å². The van der Waals surface area contributed by atoms with Crippen LogP contribution >= 0.6 is 15.9 Å². The van der Waals surface area contributed by atoms with Gasteiger partial charge in [0, 0.05) is 18.2 Å². The molecule has 1 aromatic rings. The lowest BCUT2D eigenvalue weighted by Gasteiger charge is -2.28. The predicted molar refractivity (Wildman–Crippen MR) is 70.4 cm³/mol. The molecule has 1 rings (SSSR count). The van der Waals surface area contributed by atoms with E-state index in [0.717, 1.165) is 16.7 Å². The zero-order valence-electron chi connectivity index (χ0n) is 10.4. The smallest absolute Gasteiger partial charge is 0.115 e. The number of rotatable bonds is 5. The van der Waals surface area contributed by atoms with Gasteiger partial charge in [-0.3, -0.25) is 0 Å². The molecule has 0 amide bonds. The topological polar surface area (TPSA) is 37.8 Å². The first-order valence-corrected chi connectivity index (χ1v) is 6.56. The van der Waals surface area contributed by atoms with E-state index in [4.69, 9.17) is 0 Å². The van der Waals surface area contributed by atoms with Gasteiger partial charge in [-0.2, -0.15) is 0 Å². The predicted octanol–water partition coefficient (Wildman–Crippen LogP) is 2.98. The van der Waals surface area contributed by atoms with Crippen LogP contribution in [0.5, 0.6) is 0 Å². The van der Waals surface area contributed by atoms with Crippen LogP contribution in [-0.2, 0) is 0 Å². The standard InChI is InChI=1S/C12H20BrN3/c1-5-15-9(4)11(8(2)3)12-10(13)6-14-7-16-12/h6-9,11,15H,5H2,1-4H3. The van der Waals surface area contributed by atoms with Crippen molar-refractivity contribution in [3.05, 3.63) is 22.7 Å². The Labute approximate surface area is 106 Å². The summed E-state index contributed by atoms with van der Waals surface area (Å²) in [6.45, 7) is 9.78. The highest BCUT2D eigenvalue weighted by Gasteiger charge is 2.25. The lowest BCUT2D eigenvalue weighted by Crippen LogP contribution is -2.35. The van der Waals surface area contributed by atoms with Gasteiger partial charge in [0.25, 0.3) is 0 Å². The van der Waals surface area contributed by atoms with Crippen molar-refractivity contribution in [2.24, 2.45) is 5.92 Å². The van der Waals surface area contributed by atoms with Crippen LogP contribution in [0, 0.1) is 5.92 Å². The molecule has 4 heteroatoms. The van der Waals surface area contributed by atoms with E-state index < -0.39 is 0 Å². The minimum absolute atomic E-state index is 0.400. The fourth-order valence-corrected chi connectivity index (χ4v) is 2.63. The van der Waals surface area contributed by atoms with Crippen molar-refractivity contribution in [3.63, 3.8) is 0 Å². The largest absolute Gasteiger partial charge is 0.314 e. The Bertz CT molecular complexity index is 328. The summed E-state index contributed by atoms with van der Waals surface area (Å²) in [5, 5.41) is 3.47. The molecule has 1 aromatic heterocycles. The lowest BCUT2D eigenvalue weighted by molar-refractivity contribution is 0.374. The van der Waals surface area contributed by atoms with Crippen LogP contribution in [0.25, 0.3) is 0 Å². The van der Waals surface area contributed by atoms with E-state index in [1.54, 1.807) is 6.33 Å². The Morgan fingerprint density at radius 2 is 2.06 bits per heavy atom. The maximum absolute atomic E-state index is 4.41. The number of halogens is 1. The summed E-state index contributed by atoms with van der Waals surface area (Å²) < 4.78 is 0.999. The summed E-state index contributed by atoms with van der Waals surface area (Å²) in [7, 11) is 0. The van der Waals surface area contributed by atoms with Gasteiger partial charge in [-0.25, -0.2) is 9.97 Å². The third kappa shape index (κ3) is 3.25. The molecule has 0 fully saturated rings. The second kappa shape index (κ2) is 6.30. The van der Waals surface area contributed by atoms with Crippen LogP contribution in [0.1, 0.15) is 39.3 Å². The van der Waals surface area contributed by atoms with Crippen molar-refractivity contribution in [2.45, 2.75) is 39.7 Å². The summed E-state index contributed by atoms with van der Waals surface area (Å²) in [5.41, 5.74) is 1.10. The number of hydrogen-bond acceptors (Lipinski definition) is 3. The van der Waals surface area contributed by atoms with Crippen molar-refractivity contribution in [1.82, 2.24) is 15.3 Å². The molecule has 0 aromatic carbocycles. The van der Waals surface area contributed by atoms with E-state index in [-0.39, 0.29) is 0 Å². The van der Waals surface area contributed by atoms with Gasteiger partial charge in [0.2, 0.25) is 0 Å². The van der Waals surface area contributed by atoms with Crippen LogP contribution in [-0.4, -0.2) is 22.6 Å². The van der Waals surface area contributed by atoms with Gasteiger partial charge in [0.15, 0.2) is 0 Å². The summed E-state index contributed by atoms with van der Waals surface area (Å²) in [4.78, 5) is 8.42. The van der Waals surface area contributed by atoms with Gasteiger partial charge in [-0.05, 0) is 35.3 Å². The molecule has 1 heterocycles. The average molecular weight is 286 g/mol. The maximum Gasteiger partial charge on any atom is 0.115 e. The summed E-state index contributed by atoms with van der Waals surface area (Å²) >= 11 is 3.53. The van der Waals surface area contributed by atoms with Crippen molar-refractivity contribution in [3.8, 4) is 0 Å². The highest BCUT2D eigenvalue weighted by molar-refractivity contribution is 9.10. The number of nitrogens with zero attached hydrogens (tertiary/aromatic N) is 2. The molecule has 3 nitrogen and oxygen atoms in total. The summed E-state index contributed by atoms with van der Waals surface area (Å²) in [6, 6.07) is 0.413. The molecule has 90 valence electrons. The third-order valence-corrected chi connectivity index (χ3v) is 3.41. The minimum atomic E-state index is 0.400.